The van der Waals surface area contributed by atoms with E-state index in [4.69, 9.17) is 16.3 Å². The molecule has 2 nitrogen and oxygen atoms in total. The maximum absolute atomic E-state index is 9.18. The van der Waals surface area contributed by atoms with E-state index in [1.54, 1.807) is 18.2 Å². The van der Waals surface area contributed by atoms with Crippen molar-refractivity contribution in [2.24, 2.45) is 0 Å². The molecule has 3 heteroatoms. The molecule has 0 amide bonds. The molecule has 1 aromatic rings. The minimum atomic E-state index is 0.0526. The van der Waals surface area contributed by atoms with Gasteiger partial charge in [0, 0.05) is 0 Å². The van der Waals surface area contributed by atoms with Crippen molar-refractivity contribution >= 4 is 11.6 Å². The van der Waals surface area contributed by atoms with Gasteiger partial charge in [0.1, 0.15) is 0 Å². The van der Waals surface area contributed by atoms with Crippen LogP contribution < -0.4 is 4.74 Å². The van der Waals surface area contributed by atoms with E-state index in [0.29, 0.717) is 5.75 Å². The molecule has 0 spiro atoms. The molecule has 0 aromatic heterocycles. The normalized spacial score (nSPS) is 9.64. The number of hydrogen-bond donors (Lipinski definition) is 1. The molecule has 0 saturated carbocycles. The quantitative estimate of drug-likeness (QED) is 0.694. The van der Waals surface area contributed by atoms with Crippen LogP contribution in [0.4, 0.5) is 0 Å². The Hall–Kier alpha value is -0.890. The zero-order chi connectivity index (χ0) is 8.27. The second-order valence-electron chi connectivity index (χ2n) is 2.22. The van der Waals surface area contributed by atoms with Crippen LogP contribution in [0.5, 0.6) is 11.5 Å². The van der Waals surface area contributed by atoms with Crippen LogP contribution in [-0.4, -0.2) is 11.2 Å². The molecule has 60 valence electrons. The van der Waals surface area contributed by atoms with E-state index < -0.39 is 0 Å². The number of aromatic hydroxyl groups is 1. The number of rotatable bonds is 2. The Morgan fingerprint density at radius 2 is 2.27 bits per heavy atom. The Bertz CT molecular complexity index is 248. The first-order valence-electron chi connectivity index (χ1n) is 3.22. The molecule has 0 aliphatic rings. The predicted molar refractivity (Wildman–Crippen MR) is 44.2 cm³/mol. The molecule has 0 bridgehead atoms. The van der Waals surface area contributed by atoms with Crippen LogP contribution in [0.2, 0.25) is 0 Å². The molecule has 1 rings (SSSR count). The SMILES string of the molecule is Cc1ccc(O)c(OCCl)c1. The van der Waals surface area contributed by atoms with E-state index >= 15 is 0 Å². The first kappa shape index (κ1) is 8.21. The van der Waals surface area contributed by atoms with E-state index in [9.17, 15) is 5.11 Å². The van der Waals surface area contributed by atoms with Crippen molar-refractivity contribution in [3.8, 4) is 11.5 Å². The van der Waals surface area contributed by atoms with Gasteiger partial charge in [0.2, 0.25) is 0 Å². The first-order chi connectivity index (χ1) is 5.24. The first-order valence-corrected chi connectivity index (χ1v) is 3.76. The average molecular weight is 173 g/mol. The third-order valence-corrected chi connectivity index (χ3v) is 1.43. The summed E-state index contributed by atoms with van der Waals surface area (Å²) in [7, 11) is 0. The number of alkyl halides is 1. The van der Waals surface area contributed by atoms with Crippen LogP contribution in [0.15, 0.2) is 18.2 Å². The number of hydrogen-bond acceptors (Lipinski definition) is 2. The lowest BCUT2D eigenvalue weighted by molar-refractivity contribution is 0.354. The summed E-state index contributed by atoms with van der Waals surface area (Å²) >= 11 is 5.33. The van der Waals surface area contributed by atoms with Crippen molar-refractivity contribution in [1.29, 1.82) is 0 Å². The third-order valence-electron chi connectivity index (χ3n) is 1.33. The number of phenolic OH excluding ortho intramolecular Hbond substituents is 1. The summed E-state index contributed by atoms with van der Waals surface area (Å²) in [6.45, 7) is 1.92. The molecule has 11 heavy (non-hydrogen) atoms. The Morgan fingerprint density at radius 1 is 1.55 bits per heavy atom. The Balaban J connectivity index is 2.93. The lowest BCUT2D eigenvalue weighted by atomic mass is 10.2. The molecule has 0 heterocycles. The summed E-state index contributed by atoms with van der Waals surface area (Å²) in [6, 6.07) is 5.17. The van der Waals surface area contributed by atoms with Gasteiger partial charge in [-0.1, -0.05) is 17.7 Å². The molecule has 0 aliphatic heterocycles. The fraction of sp³-hybridized carbons (Fsp3) is 0.250. The Morgan fingerprint density at radius 3 is 2.91 bits per heavy atom. The number of aryl methyl sites for hydroxylation is 1. The van der Waals surface area contributed by atoms with E-state index in [-0.39, 0.29) is 11.8 Å². The molecular weight excluding hydrogens is 164 g/mol. The van der Waals surface area contributed by atoms with Crippen LogP contribution >= 0.6 is 11.6 Å². The van der Waals surface area contributed by atoms with Crippen LogP contribution in [0.1, 0.15) is 5.56 Å². The summed E-state index contributed by atoms with van der Waals surface area (Å²) < 4.78 is 4.93. The van der Waals surface area contributed by atoms with Crippen LogP contribution in [-0.2, 0) is 0 Å². The summed E-state index contributed by atoms with van der Waals surface area (Å²) in [6.07, 6.45) is 0. The van der Waals surface area contributed by atoms with Gasteiger partial charge in [0.05, 0.1) is 0 Å². The summed E-state index contributed by atoms with van der Waals surface area (Å²) in [5, 5.41) is 9.18. The monoisotopic (exact) mass is 172 g/mol. The fourth-order valence-electron chi connectivity index (χ4n) is 0.796. The number of ether oxygens (including phenoxy) is 1. The predicted octanol–water partition coefficient (Wildman–Crippen LogP) is 2.28. The van der Waals surface area contributed by atoms with E-state index in [0.717, 1.165) is 5.56 Å². The lowest BCUT2D eigenvalue weighted by Gasteiger charge is -2.04. The van der Waals surface area contributed by atoms with Gasteiger partial charge in [-0.25, -0.2) is 0 Å². The van der Waals surface area contributed by atoms with Gasteiger partial charge >= 0.3 is 0 Å². The number of phenols is 1. The van der Waals surface area contributed by atoms with Crippen molar-refractivity contribution < 1.29 is 9.84 Å². The van der Waals surface area contributed by atoms with E-state index in [2.05, 4.69) is 0 Å². The Labute approximate surface area is 70.4 Å². The number of halogens is 1. The summed E-state index contributed by atoms with van der Waals surface area (Å²) in [5.41, 5.74) is 1.03. The topological polar surface area (TPSA) is 29.5 Å². The zero-order valence-electron chi connectivity index (χ0n) is 6.17. The fourth-order valence-corrected chi connectivity index (χ4v) is 0.913. The van der Waals surface area contributed by atoms with Gasteiger partial charge < -0.3 is 9.84 Å². The van der Waals surface area contributed by atoms with Crippen LogP contribution in [0.3, 0.4) is 0 Å². The lowest BCUT2D eigenvalue weighted by Crippen LogP contribution is -1.89. The summed E-state index contributed by atoms with van der Waals surface area (Å²) in [5.74, 6) is 0.552. The molecule has 1 N–H and O–H groups in total. The third kappa shape index (κ3) is 2.02. The van der Waals surface area contributed by atoms with Gasteiger partial charge in [-0.3, -0.25) is 0 Å². The van der Waals surface area contributed by atoms with E-state index in [1.807, 2.05) is 6.92 Å². The highest BCUT2D eigenvalue weighted by Crippen LogP contribution is 2.26. The molecule has 0 unspecified atom stereocenters. The van der Waals surface area contributed by atoms with Gasteiger partial charge in [-0.05, 0) is 24.6 Å². The van der Waals surface area contributed by atoms with Crippen molar-refractivity contribution in [3.05, 3.63) is 23.8 Å². The second-order valence-corrected chi connectivity index (χ2v) is 2.44. The number of benzene rings is 1. The summed E-state index contributed by atoms with van der Waals surface area (Å²) in [4.78, 5) is 0. The van der Waals surface area contributed by atoms with Crippen LogP contribution in [0.25, 0.3) is 0 Å². The molecule has 0 aliphatic carbocycles. The molecule has 0 atom stereocenters. The van der Waals surface area contributed by atoms with E-state index in [1.165, 1.54) is 0 Å². The highest BCUT2D eigenvalue weighted by atomic mass is 35.5. The molecule has 0 saturated heterocycles. The highest BCUT2D eigenvalue weighted by molar-refractivity contribution is 6.17. The largest absolute Gasteiger partial charge is 0.504 e. The van der Waals surface area contributed by atoms with Crippen LogP contribution in [0, 0.1) is 6.92 Å². The minimum absolute atomic E-state index is 0.0526. The molecular formula is C8H9ClO2. The van der Waals surface area contributed by atoms with Crippen molar-refractivity contribution in [2.45, 2.75) is 6.92 Å². The van der Waals surface area contributed by atoms with Gasteiger partial charge in [-0.15, -0.1) is 0 Å². The van der Waals surface area contributed by atoms with Gasteiger partial charge in [-0.2, -0.15) is 0 Å². The average Bonchev–Trinajstić information content (AvgIpc) is 1.98. The maximum Gasteiger partial charge on any atom is 0.163 e. The standard InChI is InChI=1S/C8H9ClO2/c1-6-2-3-7(10)8(4-6)11-5-9/h2-4,10H,5H2,1H3. The second kappa shape index (κ2) is 3.49. The molecule has 0 fully saturated rings. The minimum Gasteiger partial charge on any atom is -0.504 e. The highest BCUT2D eigenvalue weighted by Gasteiger charge is 1.99. The maximum atomic E-state index is 9.18. The molecule has 0 radical (unpaired) electrons. The van der Waals surface area contributed by atoms with Crippen molar-refractivity contribution in [3.63, 3.8) is 0 Å². The smallest absolute Gasteiger partial charge is 0.163 e. The van der Waals surface area contributed by atoms with Crippen molar-refractivity contribution in [1.82, 2.24) is 0 Å². The van der Waals surface area contributed by atoms with Gasteiger partial charge in [0.25, 0.3) is 0 Å². The Kier molecular flexibility index (Phi) is 2.60. The molecule has 1 aromatic carbocycles. The van der Waals surface area contributed by atoms with Crippen molar-refractivity contribution in [2.75, 3.05) is 6.07 Å². The zero-order valence-corrected chi connectivity index (χ0v) is 6.93. The van der Waals surface area contributed by atoms with Gasteiger partial charge in [0.15, 0.2) is 17.6 Å².